The Hall–Kier alpha value is -0.810. The van der Waals surface area contributed by atoms with Crippen LogP contribution in [0.1, 0.15) is 11.1 Å². The van der Waals surface area contributed by atoms with Crippen LogP contribution in [0.15, 0.2) is 12.1 Å². The zero-order chi connectivity index (χ0) is 12.3. The van der Waals surface area contributed by atoms with E-state index in [1.165, 1.54) is 5.56 Å². The molecule has 0 bridgehead atoms. The number of benzene rings is 1. The summed E-state index contributed by atoms with van der Waals surface area (Å²) in [5, 5.41) is 0.748. The van der Waals surface area contributed by atoms with Gasteiger partial charge in [-0.25, -0.2) is 0 Å². The van der Waals surface area contributed by atoms with Gasteiger partial charge in [0.1, 0.15) is 5.75 Å². The highest BCUT2D eigenvalue weighted by molar-refractivity contribution is 6.30. The molecule has 0 aliphatic carbocycles. The van der Waals surface area contributed by atoms with Crippen LogP contribution in [0.25, 0.3) is 0 Å². The van der Waals surface area contributed by atoms with Crippen molar-refractivity contribution < 1.29 is 9.47 Å². The molecule has 4 nitrogen and oxygen atoms in total. The second-order valence-electron chi connectivity index (χ2n) is 4.17. The fourth-order valence-corrected chi connectivity index (χ4v) is 2.39. The summed E-state index contributed by atoms with van der Waals surface area (Å²) < 4.78 is 10.7. The van der Waals surface area contributed by atoms with E-state index in [0.717, 1.165) is 35.8 Å². The molecule has 1 aliphatic rings. The summed E-state index contributed by atoms with van der Waals surface area (Å²) in [6.07, 6.45) is 1.67. The number of hydrogen-bond acceptors (Lipinski definition) is 4. The van der Waals surface area contributed by atoms with Crippen LogP contribution in [0.4, 0.5) is 0 Å². The minimum Gasteiger partial charge on any atom is -0.493 e. The average molecular weight is 257 g/mol. The maximum Gasteiger partial charge on any atom is 0.125 e. The zero-order valence-electron chi connectivity index (χ0n) is 9.83. The van der Waals surface area contributed by atoms with Gasteiger partial charge < -0.3 is 9.47 Å². The van der Waals surface area contributed by atoms with Crippen molar-refractivity contribution in [2.45, 2.75) is 18.9 Å². The SMILES string of the molecule is COCC(Cc1cc(Cl)cc2c1OCC2)NN. The lowest BCUT2D eigenvalue weighted by molar-refractivity contribution is 0.166. The Labute approximate surface area is 106 Å². The summed E-state index contributed by atoms with van der Waals surface area (Å²) in [5.74, 6) is 6.45. The first-order chi connectivity index (χ1) is 8.24. The van der Waals surface area contributed by atoms with Crippen molar-refractivity contribution in [1.82, 2.24) is 5.43 Å². The predicted molar refractivity (Wildman–Crippen MR) is 67.3 cm³/mol. The molecule has 1 heterocycles. The molecule has 3 N–H and O–H groups in total. The molecule has 5 heteroatoms. The van der Waals surface area contributed by atoms with Crippen LogP contribution in [-0.4, -0.2) is 26.4 Å². The van der Waals surface area contributed by atoms with E-state index in [9.17, 15) is 0 Å². The number of ether oxygens (including phenoxy) is 2. The predicted octanol–water partition coefficient (Wildman–Crippen LogP) is 1.30. The topological polar surface area (TPSA) is 56.5 Å². The highest BCUT2D eigenvalue weighted by Gasteiger charge is 2.19. The Kier molecular flexibility index (Phi) is 4.23. The van der Waals surface area contributed by atoms with Crippen molar-refractivity contribution in [3.8, 4) is 5.75 Å². The average Bonchev–Trinajstić information content (AvgIpc) is 2.76. The molecular weight excluding hydrogens is 240 g/mol. The van der Waals surface area contributed by atoms with Crippen molar-refractivity contribution in [3.63, 3.8) is 0 Å². The van der Waals surface area contributed by atoms with Gasteiger partial charge in [-0.05, 0) is 29.7 Å². The van der Waals surface area contributed by atoms with Crippen LogP contribution < -0.4 is 16.0 Å². The number of halogens is 1. The van der Waals surface area contributed by atoms with E-state index in [4.69, 9.17) is 26.9 Å². The molecule has 1 aromatic carbocycles. The molecule has 1 unspecified atom stereocenters. The van der Waals surface area contributed by atoms with E-state index in [2.05, 4.69) is 5.43 Å². The third-order valence-corrected chi connectivity index (χ3v) is 3.11. The maximum absolute atomic E-state index is 6.09. The Morgan fingerprint density at radius 2 is 2.41 bits per heavy atom. The lowest BCUT2D eigenvalue weighted by atomic mass is 10.0. The number of fused-ring (bicyclic) bond motifs is 1. The van der Waals surface area contributed by atoms with Crippen LogP contribution in [-0.2, 0) is 17.6 Å². The van der Waals surface area contributed by atoms with Gasteiger partial charge in [0.05, 0.1) is 13.2 Å². The Morgan fingerprint density at radius 1 is 1.59 bits per heavy atom. The van der Waals surface area contributed by atoms with Gasteiger partial charge in [-0.15, -0.1) is 0 Å². The van der Waals surface area contributed by atoms with Gasteiger partial charge in [0.15, 0.2) is 0 Å². The van der Waals surface area contributed by atoms with E-state index in [1.54, 1.807) is 7.11 Å². The van der Waals surface area contributed by atoms with Gasteiger partial charge >= 0.3 is 0 Å². The van der Waals surface area contributed by atoms with Gasteiger partial charge in [-0.2, -0.15) is 0 Å². The third kappa shape index (κ3) is 2.90. The van der Waals surface area contributed by atoms with Gasteiger partial charge in [0.2, 0.25) is 0 Å². The van der Waals surface area contributed by atoms with Gasteiger partial charge in [0.25, 0.3) is 0 Å². The molecule has 0 amide bonds. The second kappa shape index (κ2) is 5.69. The normalized spacial score (nSPS) is 15.5. The highest BCUT2D eigenvalue weighted by atomic mass is 35.5. The number of nitrogens with one attached hydrogen (secondary N) is 1. The Balaban J connectivity index is 2.20. The lowest BCUT2D eigenvalue weighted by Gasteiger charge is -2.16. The third-order valence-electron chi connectivity index (χ3n) is 2.90. The first-order valence-corrected chi connectivity index (χ1v) is 6.01. The number of nitrogens with two attached hydrogens (primary N) is 1. The summed E-state index contributed by atoms with van der Waals surface area (Å²) >= 11 is 6.09. The quantitative estimate of drug-likeness (QED) is 0.616. The standard InChI is InChI=1S/C12H17ClN2O2/c1-16-7-11(15-14)6-9-5-10(13)4-8-2-3-17-12(8)9/h4-5,11,15H,2-3,6-7,14H2,1H3. The minimum absolute atomic E-state index is 0.0618. The molecule has 0 saturated carbocycles. The van der Waals surface area contributed by atoms with Crippen molar-refractivity contribution >= 4 is 11.6 Å². The first kappa shape index (κ1) is 12.6. The van der Waals surface area contributed by atoms with Gasteiger partial charge in [-0.1, -0.05) is 11.6 Å². The molecule has 0 saturated heterocycles. The van der Waals surface area contributed by atoms with Crippen molar-refractivity contribution in [2.24, 2.45) is 5.84 Å². The van der Waals surface area contributed by atoms with Crippen LogP contribution >= 0.6 is 11.6 Å². The molecule has 0 radical (unpaired) electrons. The molecule has 0 spiro atoms. The summed E-state index contributed by atoms with van der Waals surface area (Å²) in [6.45, 7) is 1.28. The number of hydrogen-bond donors (Lipinski definition) is 2. The Bertz CT molecular complexity index is 398. The number of methoxy groups -OCH3 is 1. The number of hydrazine groups is 1. The van der Waals surface area contributed by atoms with Crippen molar-refractivity contribution in [2.75, 3.05) is 20.3 Å². The number of rotatable bonds is 5. The zero-order valence-corrected chi connectivity index (χ0v) is 10.6. The van der Waals surface area contributed by atoms with Crippen LogP contribution in [0.2, 0.25) is 5.02 Å². The smallest absolute Gasteiger partial charge is 0.125 e. The molecule has 0 aromatic heterocycles. The van der Waals surface area contributed by atoms with E-state index in [1.807, 2.05) is 12.1 Å². The van der Waals surface area contributed by atoms with Gasteiger partial charge in [-0.3, -0.25) is 11.3 Å². The Morgan fingerprint density at radius 3 is 3.12 bits per heavy atom. The van der Waals surface area contributed by atoms with Crippen molar-refractivity contribution in [1.29, 1.82) is 0 Å². The van der Waals surface area contributed by atoms with Crippen LogP contribution in [0.3, 0.4) is 0 Å². The fraction of sp³-hybridized carbons (Fsp3) is 0.500. The summed E-state index contributed by atoms with van der Waals surface area (Å²) in [4.78, 5) is 0. The lowest BCUT2D eigenvalue weighted by Crippen LogP contribution is -2.40. The van der Waals surface area contributed by atoms with Gasteiger partial charge in [0, 0.05) is 24.6 Å². The van der Waals surface area contributed by atoms with E-state index in [0.29, 0.717) is 6.61 Å². The summed E-state index contributed by atoms with van der Waals surface area (Å²) in [6, 6.07) is 3.96. The molecule has 2 rings (SSSR count). The van der Waals surface area contributed by atoms with E-state index in [-0.39, 0.29) is 6.04 Å². The van der Waals surface area contributed by atoms with Crippen LogP contribution in [0, 0.1) is 0 Å². The highest BCUT2D eigenvalue weighted by Crippen LogP contribution is 2.33. The van der Waals surface area contributed by atoms with E-state index >= 15 is 0 Å². The largest absolute Gasteiger partial charge is 0.493 e. The summed E-state index contributed by atoms with van der Waals surface area (Å²) in [7, 11) is 1.66. The molecule has 1 aromatic rings. The molecular formula is C12H17ClN2O2. The molecule has 1 atom stereocenters. The molecule has 94 valence electrons. The molecule has 17 heavy (non-hydrogen) atoms. The molecule has 0 fully saturated rings. The maximum atomic E-state index is 6.09. The summed E-state index contributed by atoms with van der Waals surface area (Å²) in [5.41, 5.74) is 5.01. The fourth-order valence-electron chi connectivity index (χ4n) is 2.13. The minimum atomic E-state index is 0.0618. The van der Waals surface area contributed by atoms with Crippen molar-refractivity contribution in [3.05, 3.63) is 28.3 Å². The second-order valence-corrected chi connectivity index (χ2v) is 4.61. The monoisotopic (exact) mass is 256 g/mol. The first-order valence-electron chi connectivity index (χ1n) is 5.63. The molecule has 1 aliphatic heterocycles. The van der Waals surface area contributed by atoms with E-state index < -0.39 is 0 Å². The van der Waals surface area contributed by atoms with Crippen LogP contribution in [0.5, 0.6) is 5.75 Å².